The highest BCUT2D eigenvalue weighted by molar-refractivity contribution is 7.16. The largest absolute Gasteiger partial charge is 0.365 e. The van der Waals surface area contributed by atoms with Crippen molar-refractivity contribution in [2.45, 2.75) is 27.3 Å². The van der Waals surface area contributed by atoms with Crippen molar-refractivity contribution in [3.63, 3.8) is 0 Å². The third-order valence-electron chi connectivity index (χ3n) is 3.69. The van der Waals surface area contributed by atoms with Crippen LogP contribution in [0.25, 0.3) is 11.3 Å². The Morgan fingerprint density at radius 1 is 1.31 bits per heavy atom. The lowest BCUT2D eigenvalue weighted by atomic mass is 9.96. The number of aromatic amines is 1. The van der Waals surface area contributed by atoms with Crippen LogP contribution in [-0.4, -0.2) is 20.7 Å². The molecule has 3 rings (SSSR count). The van der Waals surface area contributed by atoms with Gasteiger partial charge >= 0.3 is 0 Å². The molecule has 3 aromatic rings. The summed E-state index contributed by atoms with van der Waals surface area (Å²) in [7, 11) is 0. The van der Waals surface area contributed by atoms with Gasteiger partial charge in [-0.15, -0.1) is 11.3 Å². The summed E-state index contributed by atoms with van der Waals surface area (Å²) in [6.07, 6.45) is 1.56. The maximum Gasteiger partial charge on any atom is 0.254 e. The number of thiophene rings is 1. The number of rotatable bonds is 4. The van der Waals surface area contributed by atoms with Gasteiger partial charge in [0.05, 0.1) is 16.6 Å². The molecule has 0 fully saturated rings. The molecule has 0 spiro atoms. The van der Waals surface area contributed by atoms with Gasteiger partial charge in [0, 0.05) is 34.2 Å². The summed E-state index contributed by atoms with van der Waals surface area (Å²) in [5.74, 6) is 0.435. The SMILES string of the molecule is CC(C)(C)C(=O)n1nc(-c2cc[nH]c(=O)c2)cc1NCc1ccc(Cl)s1. The van der Waals surface area contributed by atoms with Gasteiger partial charge in [-0.2, -0.15) is 9.78 Å². The zero-order valence-corrected chi connectivity index (χ0v) is 16.2. The van der Waals surface area contributed by atoms with Gasteiger partial charge in [-0.25, -0.2) is 0 Å². The first-order valence-electron chi connectivity index (χ1n) is 8.06. The number of carbonyl (C=O) groups is 1. The van der Waals surface area contributed by atoms with Crippen LogP contribution in [0.15, 0.2) is 41.3 Å². The lowest BCUT2D eigenvalue weighted by Gasteiger charge is -2.18. The van der Waals surface area contributed by atoms with E-state index in [2.05, 4.69) is 15.4 Å². The normalized spacial score (nSPS) is 11.5. The average molecular weight is 391 g/mol. The smallest absolute Gasteiger partial charge is 0.254 e. The summed E-state index contributed by atoms with van der Waals surface area (Å²) < 4.78 is 2.08. The van der Waals surface area contributed by atoms with E-state index in [0.29, 0.717) is 28.0 Å². The molecule has 0 aliphatic carbocycles. The third-order valence-corrected chi connectivity index (χ3v) is 4.92. The van der Waals surface area contributed by atoms with Crippen LogP contribution in [0.2, 0.25) is 4.34 Å². The van der Waals surface area contributed by atoms with E-state index in [1.807, 2.05) is 32.9 Å². The van der Waals surface area contributed by atoms with Crippen LogP contribution in [0, 0.1) is 5.41 Å². The second-order valence-corrected chi connectivity index (χ2v) is 8.68. The molecule has 0 atom stereocenters. The molecule has 2 N–H and O–H groups in total. The van der Waals surface area contributed by atoms with E-state index in [4.69, 9.17) is 11.6 Å². The fourth-order valence-electron chi connectivity index (χ4n) is 2.35. The minimum Gasteiger partial charge on any atom is -0.365 e. The number of nitrogens with one attached hydrogen (secondary N) is 2. The van der Waals surface area contributed by atoms with E-state index in [1.165, 1.54) is 22.1 Å². The quantitative estimate of drug-likeness (QED) is 0.697. The van der Waals surface area contributed by atoms with Gasteiger partial charge in [0.15, 0.2) is 0 Å². The van der Waals surface area contributed by atoms with Crippen LogP contribution in [0.3, 0.4) is 0 Å². The Bertz CT molecular complexity index is 997. The van der Waals surface area contributed by atoms with Crippen LogP contribution in [0.4, 0.5) is 5.82 Å². The Kier molecular flexibility index (Phi) is 5.02. The van der Waals surface area contributed by atoms with Gasteiger partial charge in [-0.1, -0.05) is 32.4 Å². The average Bonchev–Trinajstić information content (AvgIpc) is 3.17. The zero-order chi connectivity index (χ0) is 18.9. The number of aromatic nitrogens is 3. The Hall–Kier alpha value is -2.38. The van der Waals surface area contributed by atoms with Gasteiger partial charge in [-0.05, 0) is 18.2 Å². The molecule has 0 amide bonds. The number of nitrogens with zero attached hydrogens (tertiary/aromatic N) is 2. The highest BCUT2D eigenvalue weighted by atomic mass is 35.5. The lowest BCUT2D eigenvalue weighted by Crippen LogP contribution is -2.28. The molecular weight excluding hydrogens is 372 g/mol. The molecular formula is C18H19ClN4O2S. The molecule has 136 valence electrons. The van der Waals surface area contributed by atoms with Crippen LogP contribution in [-0.2, 0) is 6.54 Å². The summed E-state index contributed by atoms with van der Waals surface area (Å²) in [6.45, 7) is 6.04. The van der Waals surface area contributed by atoms with Gasteiger partial charge < -0.3 is 10.3 Å². The van der Waals surface area contributed by atoms with Crippen molar-refractivity contribution >= 4 is 34.7 Å². The molecule has 0 radical (unpaired) electrons. The highest BCUT2D eigenvalue weighted by Crippen LogP contribution is 2.27. The van der Waals surface area contributed by atoms with Crippen molar-refractivity contribution in [1.29, 1.82) is 0 Å². The first-order valence-corrected chi connectivity index (χ1v) is 9.25. The number of anilines is 1. The molecule has 3 heterocycles. The molecule has 0 bridgehead atoms. The van der Waals surface area contributed by atoms with Gasteiger partial charge in [0.2, 0.25) is 5.56 Å². The lowest BCUT2D eigenvalue weighted by molar-refractivity contribution is 0.0752. The zero-order valence-electron chi connectivity index (χ0n) is 14.7. The molecule has 26 heavy (non-hydrogen) atoms. The van der Waals surface area contributed by atoms with Crippen molar-refractivity contribution in [2.24, 2.45) is 5.41 Å². The molecule has 0 aliphatic heterocycles. The fourth-order valence-corrected chi connectivity index (χ4v) is 3.38. The molecule has 8 heteroatoms. The van der Waals surface area contributed by atoms with E-state index in [-0.39, 0.29) is 11.5 Å². The summed E-state index contributed by atoms with van der Waals surface area (Å²) >= 11 is 7.44. The van der Waals surface area contributed by atoms with E-state index in [1.54, 1.807) is 18.3 Å². The monoisotopic (exact) mass is 390 g/mol. The van der Waals surface area contributed by atoms with Crippen molar-refractivity contribution in [1.82, 2.24) is 14.8 Å². The van der Waals surface area contributed by atoms with Crippen LogP contribution in [0.5, 0.6) is 0 Å². The van der Waals surface area contributed by atoms with E-state index in [0.717, 1.165) is 4.88 Å². The topological polar surface area (TPSA) is 79.8 Å². The predicted molar refractivity (Wildman–Crippen MR) is 105 cm³/mol. The molecule has 3 aromatic heterocycles. The first kappa shape index (κ1) is 18.4. The number of pyridine rings is 1. The number of hydrogen-bond acceptors (Lipinski definition) is 5. The van der Waals surface area contributed by atoms with Crippen molar-refractivity contribution in [3.8, 4) is 11.3 Å². The molecule has 0 saturated carbocycles. The maximum absolute atomic E-state index is 12.8. The third kappa shape index (κ3) is 4.05. The van der Waals surface area contributed by atoms with Crippen molar-refractivity contribution in [2.75, 3.05) is 5.32 Å². The Balaban J connectivity index is 1.97. The summed E-state index contributed by atoms with van der Waals surface area (Å²) in [4.78, 5) is 28.0. The second-order valence-electron chi connectivity index (χ2n) is 6.88. The molecule has 6 nitrogen and oxygen atoms in total. The minimum absolute atomic E-state index is 0.139. The summed E-state index contributed by atoms with van der Waals surface area (Å²) in [6, 6.07) is 8.75. The van der Waals surface area contributed by atoms with E-state index >= 15 is 0 Å². The standard InChI is InChI=1S/C18H19ClN4O2S/c1-18(2,3)17(25)23-15(21-10-12-4-5-14(19)26-12)9-13(22-23)11-6-7-20-16(24)8-11/h4-9,21H,10H2,1-3H3,(H,20,24). The van der Waals surface area contributed by atoms with Gasteiger partial charge in [0.1, 0.15) is 5.82 Å². The van der Waals surface area contributed by atoms with Gasteiger partial charge in [0.25, 0.3) is 5.91 Å². The Labute approximate surface area is 159 Å². The fraction of sp³-hybridized carbons (Fsp3) is 0.278. The van der Waals surface area contributed by atoms with Crippen molar-refractivity contribution in [3.05, 3.63) is 56.1 Å². The van der Waals surface area contributed by atoms with Crippen molar-refractivity contribution < 1.29 is 4.79 Å². The van der Waals surface area contributed by atoms with E-state index < -0.39 is 5.41 Å². The minimum atomic E-state index is -0.597. The number of hydrogen-bond donors (Lipinski definition) is 2. The Morgan fingerprint density at radius 2 is 2.08 bits per heavy atom. The number of H-pyrrole nitrogens is 1. The van der Waals surface area contributed by atoms with Gasteiger partial charge in [-0.3, -0.25) is 9.59 Å². The van der Waals surface area contributed by atoms with Crippen LogP contribution < -0.4 is 10.9 Å². The molecule has 0 aliphatic rings. The molecule has 0 saturated heterocycles. The maximum atomic E-state index is 12.8. The molecule has 0 unspecified atom stereocenters. The van der Waals surface area contributed by atoms with Crippen LogP contribution >= 0.6 is 22.9 Å². The molecule has 0 aromatic carbocycles. The number of carbonyl (C=O) groups excluding carboxylic acids is 1. The second kappa shape index (κ2) is 7.09. The number of halogens is 1. The summed E-state index contributed by atoms with van der Waals surface area (Å²) in [5, 5.41) is 7.68. The first-order chi connectivity index (χ1) is 12.2. The predicted octanol–water partition coefficient (Wildman–Crippen LogP) is 4.25. The van der Waals surface area contributed by atoms with E-state index in [9.17, 15) is 9.59 Å². The van der Waals surface area contributed by atoms with Crippen LogP contribution in [0.1, 0.15) is 30.4 Å². The Morgan fingerprint density at radius 3 is 2.69 bits per heavy atom. The summed E-state index contributed by atoms with van der Waals surface area (Å²) in [5.41, 5.74) is 0.388. The highest BCUT2D eigenvalue weighted by Gasteiger charge is 2.27.